The molecule has 1 N–H and O–H groups in total. The standard InChI is InChI=1S/C21H27N3O3S/c1-23(2)19-9-5-17(6-10-19)13-14-22-21(25)18-7-11-20(12-8-18)28(26,27)24-15-3-4-16-24/h5-12H,3-4,13-16H2,1-2H3,(H,22,25). The summed E-state index contributed by atoms with van der Waals surface area (Å²) < 4.78 is 26.6. The van der Waals surface area contributed by atoms with Crippen LogP contribution in [0, 0.1) is 0 Å². The first-order valence-corrected chi connectivity index (χ1v) is 11.0. The van der Waals surface area contributed by atoms with Gasteiger partial charge in [-0.1, -0.05) is 12.1 Å². The maximum atomic E-state index is 12.5. The molecule has 1 saturated heterocycles. The van der Waals surface area contributed by atoms with Crippen LogP contribution in [0.2, 0.25) is 0 Å². The van der Waals surface area contributed by atoms with Gasteiger partial charge in [0.2, 0.25) is 10.0 Å². The van der Waals surface area contributed by atoms with Gasteiger partial charge in [-0.3, -0.25) is 4.79 Å². The molecule has 0 saturated carbocycles. The van der Waals surface area contributed by atoms with E-state index in [9.17, 15) is 13.2 Å². The largest absolute Gasteiger partial charge is 0.378 e. The Morgan fingerprint density at radius 2 is 1.61 bits per heavy atom. The molecule has 1 aliphatic rings. The summed E-state index contributed by atoms with van der Waals surface area (Å²) in [5.41, 5.74) is 2.75. The lowest BCUT2D eigenvalue weighted by Gasteiger charge is -2.15. The Morgan fingerprint density at radius 1 is 1.00 bits per heavy atom. The molecule has 0 atom stereocenters. The summed E-state index contributed by atoms with van der Waals surface area (Å²) in [6.07, 6.45) is 2.54. The van der Waals surface area contributed by atoms with Gasteiger partial charge in [-0.05, 0) is 61.2 Å². The summed E-state index contributed by atoms with van der Waals surface area (Å²) >= 11 is 0. The predicted molar refractivity (Wildman–Crippen MR) is 111 cm³/mol. The van der Waals surface area contributed by atoms with Gasteiger partial charge in [0.15, 0.2) is 0 Å². The minimum Gasteiger partial charge on any atom is -0.378 e. The highest BCUT2D eigenvalue weighted by molar-refractivity contribution is 7.89. The van der Waals surface area contributed by atoms with Crippen LogP contribution >= 0.6 is 0 Å². The summed E-state index contributed by atoms with van der Waals surface area (Å²) in [5, 5.41) is 2.89. The highest BCUT2D eigenvalue weighted by Crippen LogP contribution is 2.21. The molecule has 3 rings (SSSR count). The van der Waals surface area contributed by atoms with Gasteiger partial charge in [0.1, 0.15) is 0 Å². The topological polar surface area (TPSA) is 69.7 Å². The molecule has 1 amide bonds. The first-order chi connectivity index (χ1) is 13.4. The number of hydrogen-bond donors (Lipinski definition) is 1. The number of nitrogens with one attached hydrogen (secondary N) is 1. The summed E-state index contributed by atoms with van der Waals surface area (Å²) in [7, 11) is 0.548. The molecule has 2 aromatic carbocycles. The third-order valence-corrected chi connectivity index (χ3v) is 6.88. The van der Waals surface area contributed by atoms with Gasteiger partial charge in [-0.15, -0.1) is 0 Å². The van der Waals surface area contributed by atoms with Crippen LogP contribution in [-0.2, 0) is 16.4 Å². The van der Waals surface area contributed by atoms with E-state index in [1.165, 1.54) is 16.4 Å². The summed E-state index contributed by atoms with van der Waals surface area (Å²) in [5.74, 6) is -0.199. The third kappa shape index (κ3) is 4.72. The first-order valence-electron chi connectivity index (χ1n) is 9.52. The lowest BCUT2D eigenvalue weighted by atomic mass is 10.1. The van der Waals surface area contributed by atoms with Gasteiger partial charge in [0, 0.05) is 45.0 Å². The van der Waals surface area contributed by atoms with Crippen molar-refractivity contribution in [3.8, 4) is 0 Å². The highest BCUT2D eigenvalue weighted by Gasteiger charge is 2.27. The molecule has 28 heavy (non-hydrogen) atoms. The number of carbonyl (C=O) groups is 1. The molecule has 1 heterocycles. The van der Waals surface area contributed by atoms with Crippen LogP contribution in [0.15, 0.2) is 53.4 Å². The quantitative estimate of drug-likeness (QED) is 0.774. The van der Waals surface area contributed by atoms with Gasteiger partial charge < -0.3 is 10.2 Å². The second-order valence-electron chi connectivity index (χ2n) is 7.20. The molecule has 0 aliphatic carbocycles. The van der Waals surface area contributed by atoms with Crippen molar-refractivity contribution in [1.29, 1.82) is 0 Å². The fourth-order valence-corrected chi connectivity index (χ4v) is 4.76. The van der Waals surface area contributed by atoms with Crippen molar-refractivity contribution in [3.05, 3.63) is 59.7 Å². The fraction of sp³-hybridized carbons (Fsp3) is 0.381. The number of benzene rings is 2. The zero-order valence-electron chi connectivity index (χ0n) is 16.4. The third-order valence-electron chi connectivity index (χ3n) is 4.97. The monoisotopic (exact) mass is 401 g/mol. The lowest BCUT2D eigenvalue weighted by Crippen LogP contribution is -2.28. The number of amides is 1. The number of sulfonamides is 1. The van der Waals surface area contributed by atoms with Crippen LogP contribution in [0.3, 0.4) is 0 Å². The second kappa shape index (κ2) is 8.75. The zero-order chi connectivity index (χ0) is 20.1. The van der Waals surface area contributed by atoms with E-state index in [0.29, 0.717) is 25.2 Å². The Kier molecular flexibility index (Phi) is 6.36. The minimum absolute atomic E-state index is 0.199. The van der Waals surface area contributed by atoms with E-state index >= 15 is 0 Å². The zero-order valence-corrected chi connectivity index (χ0v) is 17.2. The number of hydrogen-bond acceptors (Lipinski definition) is 4. The van der Waals surface area contributed by atoms with E-state index in [0.717, 1.165) is 30.5 Å². The van der Waals surface area contributed by atoms with Crippen LogP contribution in [0.4, 0.5) is 5.69 Å². The summed E-state index contributed by atoms with van der Waals surface area (Å²) in [6.45, 7) is 1.66. The van der Waals surface area contributed by atoms with Crippen molar-refractivity contribution < 1.29 is 13.2 Å². The Balaban J connectivity index is 1.54. The van der Waals surface area contributed by atoms with E-state index < -0.39 is 10.0 Å². The number of anilines is 1. The highest BCUT2D eigenvalue weighted by atomic mass is 32.2. The van der Waals surface area contributed by atoms with E-state index in [2.05, 4.69) is 29.6 Å². The molecule has 6 nitrogen and oxygen atoms in total. The Labute approximate surface area is 167 Å². The maximum absolute atomic E-state index is 12.5. The molecule has 150 valence electrons. The predicted octanol–water partition coefficient (Wildman–Crippen LogP) is 2.51. The molecule has 0 aromatic heterocycles. The second-order valence-corrected chi connectivity index (χ2v) is 9.14. The average molecular weight is 402 g/mol. The first kappa shape index (κ1) is 20.4. The Bertz CT molecular complexity index is 901. The fourth-order valence-electron chi connectivity index (χ4n) is 3.24. The molecule has 1 fully saturated rings. The van der Waals surface area contributed by atoms with Gasteiger partial charge in [-0.25, -0.2) is 8.42 Å². The van der Waals surface area contributed by atoms with Crippen molar-refractivity contribution in [2.75, 3.05) is 38.6 Å². The van der Waals surface area contributed by atoms with E-state index in [-0.39, 0.29) is 10.8 Å². The van der Waals surface area contributed by atoms with Crippen molar-refractivity contribution >= 4 is 21.6 Å². The van der Waals surface area contributed by atoms with E-state index in [1.807, 2.05) is 19.0 Å². The Morgan fingerprint density at radius 3 is 2.18 bits per heavy atom. The summed E-state index contributed by atoms with van der Waals surface area (Å²) in [6, 6.07) is 14.4. The average Bonchev–Trinajstić information content (AvgIpc) is 3.24. The number of rotatable bonds is 7. The van der Waals surface area contributed by atoms with E-state index in [1.54, 1.807) is 12.1 Å². The Hall–Kier alpha value is -2.38. The minimum atomic E-state index is -3.45. The molecule has 0 spiro atoms. The lowest BCUT2D eigenvalue weighted by molar-refractivity contribution is 0.0954. The number of nitrogens with zero attached hydrogens (tertiary/aromatic N) is 2. The molecule has 0 radical (unpaired) electrons. The van der Waals surface area contributed by atoms with Gasteiger partial charge in [0.05, 0.1) is 4.90 Å². The summed E-state index contributed by atoms with van der Waals surface area (Å²) in [4.78, 5) is 14.6. The molecular formula is C21H27N3O3S. The van der Waals surface area contributed by atoms with Crippen LogP contribution < -0.4 is 10.2 Å². The van der Waals surface area contributed by atoms with Crippen LogP contribution in [0.1, 0.15) is 28.8 Å². The molecule has 0 bridgehead atoms. The SMILES string of the molecule is CN(C)c1ccc(CCNC(=O)c2ccc(S(=O)(=O)N3CCCC3)cc2)cc1. The molecule has 7 heteroatoms. The normalized spacial score (nSPS) is 14.8. The number of carbonyl (C=O) groups excluding carboxylic acids is 1. The van der Waals surface area contributed by atoms with Gasteiger partial charge in [-0.2, -0.15) is 4.31 Å². The van der Waals surface area contributed by atoms with Crippen LogP contribution in [0.25, 0.3) is 0 Å². The van der Waals surface area contributed by atoms with Crippen molar-refractivity contribution in [1.82, 2.24) is 9.62 Å². The molecular weight excluding hydrogens is 374 g/mol. The molecule has 2 aromatic rings. The van der Waals surface area contributed by atoms with Crippen molar-refractivity contribution in [2.24, 2.45) is 0 Å². The smallest absolute Gasteiger partial charge is 0.251 e. The van der Waals surface area contributed by atoms with Crippen LogP contribution in [-0.4, -0.2) is 52.4 Å². The molecule has 1 aliphatic heterocycles. The van der Waals surface area contributed by atoms with Crippen molar-refractivity contribution in [3.63, 3.8) is 0 Å². The maximum Gasteiger partial charge on any atom is 0.251 e. The van der Waals surface area contributed by atoms with Crippen LogP contribution in [0.5, 0.6) is 0 Å². The van der Waals surface area contributed by atoms with Crippen molar-refractivity contribution in [2.45, 2.75) is 24.2 Å². The van der Waals surface area contributed by atoms with Gasteiger partial charge in [0.25, 0.3) is 5.91 Å². The molecule has 0 unspecified atom stereocenters. The van der Waals surface area contributed by atoms with Gasteiger partial charge >= 0.3 is 0 Å². The van der Waals surface area contributed by atoms with E-state index in [4.69, 9.17) is 0 Å².